The van der Waals surface area contributed by atoms with Gasteiger partial charge in [0, 0.05) is 19.1 Å². The van der Waals surface area contributed by atoms with Crippen molar-refractivity contribution in [2.45, 2.75) is 83.8 Å². The smallest absolute Gasteiger partial charge is 0.309 e. The Balaban J connectivity index is 1.52. The first-order valence-electron chi connectivity index (χ1n) is 12.1. The summed E-state index contributed by atoms with van der Waals surface area (Å²) in [5.74, 6) is -0.129. The molecule has 1 saturated heterocycles. The fourth-order valence-electron chi connectivity index (χ4n) is 4.97. The molecule has 2 aliphatic rings. The van der Waals surface area contributed by atoms with Gasteiger partial charge in [0.1, 0.15) is 0 Å². The average molecular weight is 479 g/mol. The van der Waals surface area contributed by atoms with Gasteiger partial charge >= 0.3 is 5.97 Å². The number of amides is 1. The van der Waals surface area contributed by atoms with Gasteiger partial charge in [-0.2, -0.15) is 4.31 Å². The van der Waals surface area contributed by atoms with E-state index in [2.05, 4.69) is 19.2 Å². The topological polar surface area (TPSA) is 92.8 Å². The number of benzene rings is 1. The number of ether oxygens (including phenoxy) is 1. The molecule has 0 unspecified atom stereocenters. The van der Waals surface area contributed by atoms with E-state index in [0.717, 1.165) is 24.0 Å². The molecule has 1 aliphatic heterocycles. The Bertz CT molecular complexity index is 969. The number of rotatable bonds is 6. The molecule has 1 amide bonds. The minimum Gasteiger partial charge on any atom is -0.452 e. The quantitative estimate of drug-likeness (QED) is 0.631. The first-order chi connectivity index (χ1) is 15.5. The van der Waals surface area contributed by atoms with E-state index in [1.165, 1.54) is 10.7 Å². The zero-order valence-corrected chi connectivity index (χ0v) is 21.3. The predicted octanol–water partition coefficient (Wildman–Crippen LogP) is 3.58. The Morgan fingerprint density at radius 2 is 1.76 bits per heavy atom. The van der Waals surface area contributed by atoms with Crippen molar-refractivity contribution in [3.05, 3.63) is 29.3 Å². The van der Waals surface area contributed by atoms with Crippen molar-refractivity contribution in [3.63, 3.8) is 0 Å². The molecule has 184 valence electrons. The summed E-state index contributed by atoms with van der Waals surface area (Å²) in [6, 6.07) is 5.42. The number of hydrogen-bond donors (Lipinski definition) is 1. The zero-order chi connectivity index (χ0) is 24.3. The summed E-state index contributed by atoms with van der Waals surface area (Å²) in [7, 11) is -3.60. The highest BCUT2D eigenvalue weighted by atomic mass is 32.2. The van der Waals surface area contributed by atoms with Crippen LogP contribution < -0.4 is 5.32 Å². The van der Waals surface area contributed by atoms with Gasteiger partial charge in [-0.15, -0.1) is 0 Å². The minimum absolute atomic E-state index is 0.112. The summed E-state index contributed by atoms with van der Waals surface area (Å²) in [6.07, 6.45) is 3.12. The van der Waals surface area contributed by atoms with Gasteiger partial charge in [-0.3, -0.25) is 9.59 Å². The van der Waals surface area contributed by atoms with Crippen LogP contribution in [0.4, 0.5) is 0 Å². The molecule has 0 aromatic heterocycles. The molecule has 2 fully saturated rings. The normalized spacial score (nSPS) is 25.9. The highest BCUT2D eigenvalue weighted by molar-refractivity contribution is 7.89. The third kappa shape index (κ3) is 5.96. The van der Waals surface area contributed by atoms with Crippen molar-refractivity contribution in [2.75, 3.05) is 13.1 Å². The number of carbonyl (C=O) groups excluding carboxylic acids is 2. The summed E-state index contributed by atoms with van der Waals surface area (Å²) < 4.78 is 33.0. The highest BCUT2D eigenvalue weighted by Gasteiger charge is 2.35. The first-order valence-corrected chi connectivity index (χ1v) is 13.5. The predicted molar refractivity (Wildman–Crippen MR) is 127 cm³/mol. The number of sulfonamides is 1. The van der Waals surface area contributed by atoms with E-state index in [9.17, 15) is 18.0 Å². The molecule has 7 nitrogen and oxygen atoms in total. The van der Waals surface area contributed by atoms with Crippen molar-refractivity contribution in [3.8, 4) is 0 Å². The number of hydrogen-bond acceptors (Lipinski definition) is 5. The van der Waals surface area contributed by atoms with Crippen LogP contribution >= 0.6 is 0 Å². The molecule has 0 spiro atoms. The Kier molecular flexibility index (Phi) is 8.22. The second kappa shape index (κ2) is 10.6. The first kappa shape index (κ1) is 25.7. The molecule has 4 atom stereocenters. The van der Waals surface area contributed by atoms with Crippen molar-refractivity contribution in [1.82, 2.24) is 9.62 Å². The number of carbonyl (C=O) groups is 2. The summed E-state index contributed by atoms with van der Waals surface area (Å²) in [5, 5.41) is 3.06. The van der Waals surface area contributed by atoms with Crippen molar-refractivity contribution in [1.29, 1.82) is 0 Å². The molecule has 1 aromatic carbocycles. The van der Waals surface area contributed by atoms with E-state index >= 15 is 0 Å². The monoisotopic (exact) mass is 478 g/mol. The van der Waals surface area contributed by atoms with Crippen molar-refractivity contribution >= 4 is 21.9 Å². The maximum atomic E-state index is 13.1. The Morgan fingerprint density at radius 1 is 1.09 bits per heavy atom. The van der Waals surface area contributed by atoms with Gasteiger partial charge in [-0.25, -0.2) is 8.42 Å². The largest absolute Gasteiger partial charge is 0.452 e. The van der Waals surface area contributed by atoms with E-state index < -0.39 is 28.0 Å². The molecule has 1 aliphatic carbocycles. The lowest BCUT2D eigenvalue weighted by Crippen LogP contribution is -2.48. The van der Waals surface area contributed by atoms with E-state index in [1.54, 1.807) is 26.0 Å². The molecule has 0 bridgehead atoms. The molecule has 1 heterocycles. The fraction of sp³-hybridized carbons (Fsp3) is 0.680. The second-order valence-electron chi connectivity index (χ2n) is 9.91. The van der Waals surface area contributed by atoms with Gasteiger partial charge in [-0.05, 0) is 63.5 Å². The van der Waals surface area contributed by atoms with E-state index in [0.29, 0.717) is 29.6 Å². The molecular weight excluding hydrogens is 440 g/mol. The van der Waals surface area contributed by atoms with E-state index in [-0.39, 0.29) is 25.0 Å². The van der Waals surface area contributed by atoms with Crippen LogP contribution in [0.25, 0.3) is 0 Å². The van der Waals surface area contributed by atoms with Gasteiger partial charge < -0.3 is 10.1 Å². The third-order valence-electron chi connectivity index (χ3n) is 7.43. The summed E-state index contributed by atoms with van der Waals surface area (Å²) in [4.78, 5) is 25.6. The number of piperidine rings is 1. The highest BCUT2D eigenvalue weighted by Crippen LogP contribution is 2.30. The fourth-order valence-corrected chi connectivity index (χ4v) is 6.64. The van der Waals surface area contributed by atoms with Gasteiger partial charge in [-0.1, -0.05) is 44.4 Å². The van der Waals surface area contributed by atoms with E-state index in [1.807, 2.05) is 13.0 Å². The molecule has 0 radical (unpaired) electrons. The Morgan fingerprint density at radius 3 is 2.39 bits per heavy atom. The van der Waals surface area contributed by atoms with Crippen LogP contribution in [-0.2, 0) is 24.3 Å². The van der Waals surface area contributed by atoms with Gasteiger partial charge in [0.25, 0.3) is 5.91 Å². The van der Waals surface area contributed by atoms with Crippen LogP contribution in [0.3, 0.4) is 0 Å². The van der Waals surface area contributed by atoms with Gasteiger partial charge in [0.05, 0.1) is 10.8 Å². The summed E-state index contributed by atoms with van der Waals surface area (Å²) in [6.45, 7) is 10.2. The molecule has 8 heteroatoms. The van der Waals surface area contributed by atoms with Gasteiger partial charge in [0.15, 0.2) is 6.10 Å². The van der Waals surface area contributed by atoms with Crippen LogP contribution in [0.5, 0.6) is 0 Å². The average Bonchev–Trinajstić information content (AvgIpc) is 2.76. The number of aryl methyl sites for hydroxylation is 2. The number of nitrogens with one attached hydrogen (secondary N) is 1. The standard InChI is InChI=1S/C25H38N2O5S/c1-16-9-10-23(18(3)15-16)33(30,31)27-13-11-21(12-14-27)25(29)32-20(5)24(28)26-22-8-6-7-17(2)19(22)4/h9-10,15,17,19-22H,6-8,11-14H2,1-5H3,(H,26,28)/t17-,19-,20+,22+/m0/s1. The maximum Gasteiger partial charge on any atom is 0.309 e. The Labute approximate surface area is 198 Å². The van der Waals surface area contributed by atoms with Crippen LogP contribution in [-0.4, -0.2) is 49.8 Å². The molecule has 3 rings (SSSR count). The molecule has 1 aromatic rings. The Hall–Kier alpha value is -1.93. The number of esters is 1. The maximum absolute atomic E-state index is 13.1. The molecule has 1 N–H and O–H groups in total. The molecular formula is C25H38N2O5S. The van der Waals surface area contributed by atoms with Crippen molar-refractivity contribution in [2.24, 2.45) is 17.8 Å². The van der Waals surface area contributed by atoms with Crippen molar-refractivity contribution < 1.29 is 22.7 Å². The summed E-state index contributed by atoms with van der Waals surface area (Å²) >= 11 is 0. The lowest BCUT2D eigenvalue weighted by molar-refractivity contribution is -0.160. The third-order valence-corrected chi connectivity index (χ3v) is 9.49. The minimum atomic E-state index is -3.60. The molecule has 1 saturated carbocycles. The van der Waals surface area contributed by atoms with E-state index in [4.69, 9.17) is 4.74 Å². The van der Waals surface area contributed by atoms with Crippen LogP contribution in [0.1, 0.15) is 64.0 Å². The van der Waals surface area contributed by atoms with Gasteiger partial charge in [0.2, 0.25) is 10.0 Å². The SMILES string of the molecule is Cc1ccc(S(=O)(=O)N2CCC(C(=O)O[C@H](C)C(=O)N[C@@H]3CCC[C@H](C)[C@@H]3C)CC2)c(C)c1. The van der Waals surface area contributed by atoms with Crippen LogP contribution in [0.2, 0.25) is 0 Å². The lowest BCUT2D eigenvalue weighted by Gasteiger charge is -2.35. The lowest BCUT2D eigenvalue weighted by atomic mass is 9.78. The zero-order valence-electron chi connectivity index (χ0n) is 20.5. The molecule has 33 heavy (non-hydrogen) atoms. The number of nitrogens with zero attached hydrogens (tertiary/aromatic N) is 1. The van der Waals surface area contributed by atoms with Crippen LogP contribution in [0, 0.1) is 31.6 Å². The second-order valence-corrected chi connectivity index (χ2v) is 11.8. The van der Waals surface area contributed by atoms with Crippen LogP contribution in [0.15, 0.2) is 23.1 Å². The summed E-state index contributed by atoms with van der Waals surface area (Å²) in [5.41, 5.74) is 1.73.